The highest BCUT2D eigenvalue weighted by molar-refractivity contribution is 9.10. The summed E-state index contributed by atoms with van der Waals surface area (Å²) in [7, 11) is 0. The summed E-state index contributed by atoms with van der Waals surface area (Å²) in [6.07, 6.45) is 2.06. The first kappa shape index (κ1) is 13.1. The fraction of sp³-hybridized carbons (Fsp3) is 0.154. The van der Waals surface area contributed by atoms with Crippen molar-refractivity contribution in [3.63, 3.8) is 0 Å². The molecule has 1 heterocycles. The highest BCUT2D eigenvalue weighted by atomic mass is 79.9. The van der Waals surface area contributed by atoms with Crippen LogP contribution in [0.25, 0.3) is 0 Å². The smallest absolute Gasteiger partial charge is 0.159 e. The maximum atomic E-state index is 13.0. The van der Waals surface area contributed by atoms with Crippen LogP contribution in [0.4, 0.5) is 8.78 Å². The van der Waals surface area contributed by atoms with Gasteiger partial charge in [-0.15, -0.1) is 0 Å². The zero-order chi connectivity index (χ0) is 13.1. The van der Waals surface area contributed by atoms with Crippen LogP contribution in [0.3, 0.4) is 0 Å². The fourth-order valence-electron chi connectivity index (χ4n) is 1.63. The molecule has 1 unspecified atom stereocenters. The molecule has 2 aromatic rings. The number of hydrogen-bond acceptors (Lipinski definition) is 2. The largest absolute Gasteiger partial charge is 0.322 e. The van der Waals surface area contributed by atoms with Crippen LogP contribution >= 0.6 is 15.9 Å². The number of aromatic nitrogens is 1. The second kappa shape index (κ2) is 5.54. The van der Waals surface area contributed by atoms with E-state index in [4.69, 9.17) is 5.73 Å². The Morgan fingerprint density at radius 3 is 2.56 bits per heavy atom. The van der Waals surface area contributed by atoms with Gasteiger partial charge in [-0.05, 0) is 52.2 Å². The quantitative estimate of drug-likeness (QED) is 0.943. The van der Waals surface area contributed by atoms with Crippen LogP contribution in [0.1, 0.15) is 17.3 Å². The molecule has 0 aliphatic rings. The molecular formula is C13H11BrF2N2. The molecule has 5 heteroatoms. The topological polar surface area (TPSA) is 38.9 Å². The van der Waals surface area contributed by atoms with Gasteiger partial charge in [-0.3, -0.25) is 4.98 Å². The predicted octanol–water partition coefficient (Wildman–Crippen LogP) is 3.36. The van der Waals surface area contributed by atoms with Crippen molar-refractivity contribution in [1.82, 2.24) is 4.98 Å². The van der Waals surface area contributed by atoms with Gasteiger partial charge in [0, 0.05) is 10.7 Å². The van der Waals surface area contributed by atoms with Gasteiger partial charge in [0.1, 0.15) is 0 Å². The van der Waals surface area contributed by atoms with E-state index in [2.05, 4.69) is 20.9 Å². The minimum atomic E-state index is -0.858. The molecule has 0 amide bonds. The summed E-state index contributed by atoms with van der Waals surface area (Å²) < 4.78 is 26.7. The van der Waals surface area contributed by atoms with Crippen LogP contribution in [0, 0.1) is 11.6 Å². The number of rotatable bonds is 3. The van der Waals surface area contributed by atoms with Gasteiger partial charge in [-0.25, -0.2) is 8.78 Å². The Labute approximate surface area is 112 Å². The first-order valence-corrected chi connectivity index (χ1v) is 6.16. The van der Waals surface area contributed by atoms with E-state index in [0.717, 1.165) is 16.6 Å². The number of pyridine rings is 1. The molecule has 0 saturated heterocycles. The monoisotopic (exact) mass is 312 g/mol. The Balaban J connectivity index is 2.13. The Morgan fingerprint density at radius 2 is 1.94 bits per heavy atom. The maximum Gasteiger partial charge on any atom is 0.159 e. The van der Waals surface area contributed by atoms with Crippen molar-refractivity contribution >= 4 is 15.9 Å². The number of halogens is 3. The Morgan fingerprint density at radius 1 is 1.17 bits per heavy atom. The average molecular weight is 313 g/mol. The van der Waals surface area contributed by atoms with Gasteiger partial charge >= 0.3 is 0 Å². The Kier molecular flexibility index (Phi) is 4.04. The lowest BCUT2D eigenvalue weighted by Crippen LogP contribution is -2.15. The Bertz CT molecular complexity index is 543. The lowest BCUT2D eigenvalue weighted by Gasteiger charge is -2.11. The highest BCUT2D eigenvalue weighted by Crippen LogP contribution is 2.17. The summed E-state index contributed by atoms with van der Waals surface area (Å²) in [4.78, 5) is 4.17. The molecule has 18 heavy (non-hydrogen) atoms. The van der Waals surface area contributed by atoms with Gasteiger partial charge in [0.15, 0.2) is 11.6 Å². The van der Waals surface area contributed by atoms with Crippen molar-refractivity contribution in [3.8, 4) is 0 Å². The van der Waals surface area contributed by atoms with Crippen molar-refractivity contribution in [3.05, 3.63) is 63.9 Å². The summed E-state index contributed by atoms with van der Waals surface area (Å²) in [6.45, 7) is 0. The second-order valence-electron chi connectivity index (χ2n) is 3.96. The number of hydrogen-bond donors (Lipinski definition) is 1. The lowest BCUT2D eigenvalue weighted by atomic mass is 10.0. The van der Waals surface area contributed by atoms with Crippen LogP contribution in [0.15, 0.2) is 41.0 Å². The minimum Gasteiger partial charge on any atom is -0.322 e. The second-order valence-corrected chi connectivity index (χ2v) is 4.88. The van der Waals surface area contributed by atoms with Gasteiger partial charge in [-0.1, -0.05) is 6.07 Å². The summed E-state index contributed by atoms with van der Waals surface area (Å²) in [6, 6.07) is 7.09. The molecule has 0 radical (unpaired) electrons. The van der Waals surface area contributed by atoms with Gasteiger partial charge in [0.05, 0.1) is 11.7 Å². The molecule has 2 N–H and O–H groups in total. The highest BCUT2D eigenvalue weighted by Gasteiger charge is 2.10. The van der Waals surface area contributed by atoms with E-state index < -0.39 is 11.6 Å². The third-order valence-corrected chi connectivity index (χ3v) is 3.04. The Hall–Kier alpha value is -1.33. The lowest BCUT2D eigenvalue weighted by molar-refractivity contribution is 0.506. The van der Waals surface area contributed by atoms with E-state index in [1.165, 1.54) is 6.07 Å². The van der Waals surface area contributed by atoms with E-state index in [0.29, 0.717) is 17.7 Å². The van der Waals surface area contributed by atoms with Crippen molar-refractivity contribution in [2.24, 2.45) is 5.73 Å². The zero-order valence-corrected chi connectivity index (χ0v) is 11.0. The van der Waals surface area contributed by atoms with Gasteiger partial charge < -0.3 is 5.73 Å². The van der Waals surface area contributed by atoms with E-state index in [9.17, 15) is 8.78 Å². The standard InChI is InChI=1S/C13H11BrF2N2/c14-9-2-4-13(18-7-9)12(17)6-8-1-3-10(15)11(16)5-8/h1-5,7,12H,6,17H2. The van der Waals surface area contributed by atoms with Crippen LogP contribution in [0.5, 0.6) is 0 Å². The normalized spacial score (nSPS) is 12.4. The molecule has 1 aromatic heterocycles. The van der Waals surface area contributed by atoms with Crippen LogP contribution in [0.2, 0.25) is 0 Å². The number of nitrogens with two attached hydrogens (primary N) is 1. The molecular weight excluding hydrogens is 302 g/mol. The third kappa shape index (κ3) is 3.11. The molecule has 0 aliphatic heterocycles. The molecule has 0 fully saturated rings. The van der Waals surface area contributed by atoms with Crippen molar-refractivity contribution < 1.29 is 8.78 Å². The molecule has 2 nitrogen and oxygen atoms in total. The summed E-state index contributed by atoms with van der Waals surface area (Å²) in [5, 5.41) is 0. The summed E-state index contributed by atoms with van der Waals surface area (Å²) >= 11 is 3.28. The molecule has 0 saturated carbocycles. The molecule has 1 aromatic carbocycles. The summed E-state index contributed by atoms with van der Waals surface area (Å²) in [5.74, 6) is -1.71. The van der Waals surface area contributed by atoms with Crippen LogP contribution in [-0.4, -0.2) is 4.98 Å². The third-order valence-electron chi connectivity index (χ3n) is 2.57. The molecule has 2 rings (SSSR count). The predicted molar refractivity (Wildman–Crippen MR) is 68.9 cm³/mol. The number of benzene rings is 1. The maximum absolute atomic E-state index is 13.0. The van der Waals surface area contributed by atoms with Crippen LogP contribution < -0.4 is 5.73 Å². The minimum absolute atomic E-state index is 0.344. The SMILES string of the molecule is NC(Cc1ccc(F)c(F)c1)c1ccc(Br)cn1. The van der Waals surface area contributed by atoms with Gasteiger partial charge in [0.2, 0.25) is 0 Å². The van der Waals surface area contributed by atoms with Crippen molar-refractivity contribution in [2.75, 3.05) is 0 Å². The molecule has 0 aliphatic carbocycles. The van der Waals surface area contributed by atoms with E-state index in [-0.39, 0.29) is 6.04 Å². The first-order chi connectivity index (χ1) is 8.56. The van der Waals surface area contributed by atoms with Gasteiger partial charge in [0.25, 0.3) is 0 Å². The molecule has 94 valence electrons. The zero-order valence-electron chi connectivity index (χ0n) is 9.41. The van der Waals surface area contributed by atoms with E-state index in [1.54, 1.807) is 12.3 Å². The molecule has 1 atom stereocenters. The summed E-state index contributed by atoms with van der Waals surface area (Å²) in [5.41, 5.74) is 7.33. The van der Waals surface area contributed by atoms with E-state index >= 15 is 0 Å². The van der Waals surface area contributed by atoms with Gasteiger partial charge in [-0.2, -0.15) is 0 Å². The molecule has 0 spiro atoms. The first-order valence-electron chi connectivity index (χ1n) is 5.37. The fourth-order valence-corrected chi connectivity index (χ4v) is 1.87. The van der Waals surface area contributed by atoms with E-state index in [1.807, 2.05) is 6.07 Å². The van der Waals surface area contributed by atoms with Crippen LogP contribution in [-0.2, 0) is 6.42 Å². The number of nitrogens with zero attached hydrogens (tertiary/aromatic N) is 1. The van der Waals surface area contributed by atoms with Crippen molar-refractivity contribution in [1.29, 1.82) is 0 Å². The average Bonchev–Trinajstić information content (AvgIpc) is 2.34. The van der Waals surface area contributed by atoms with Crippen molar-refractivity contribution in [2.45, 2.75) is 12.5 Å². The molecule has 0 bridgehead atoms.